The molecular formula is C38H65N3O7+2. The van der Waals surface area contributed by atoms with E-state index in [0.29, 0.717) is 68.1 Å². The average Bonchev–Trinajstić information content (AvgIpc) is 3.13. The Hall–Kier alpha value is -1.42. The largest absolute Gasteiger partial charge is 0.391 e. The van der Waals surface area contributed by atoms with E-state index in [2.05, 4.69) is 22.5 Å². The zero-order chi connectivity index (χ0) is 34.2. The van der Waals surface area contributed by atoms with E-state index in [9.17, 15) is 30.0 Å². The van der Waals surface area contributed by atoms with E-state index in [1.54, 1.807) is 7.11 Å². The Morgan fingerprint density at radius 3 is 2.50 bits per heavy atom. The average molecular weight is 676 g/mol. The van der Waals surface area contributed by atoms with Crippen molar-refractivity contribution in [1.29, 1.82) is 0 Å². The van der Waals surface area contributed by atoms with Gasteiger partial charge in [-0.25, -0.2) is 0 Å². The molecule has 3 aliphatic carbocycles. The van der Waals surface area contributed by atoms with Crippen LogP contribution in [0, 0.1) is 53.3 Å². The van der Waals surface area contributed by atoms with Crippen molar-refractivity contribution in [2.24, 2.45) is 47.2 Å². The fourth-order valence-corrected chi connectivity index (χ4v) is 9.91. The van der Waals surface area contributed by atoms with Crippen LogP contribution in [0.5, 0.6) is 0 Å². The van der Waals surface area contributed by atoms with Crippen molar-refractivity contribution >= 4 is 11.6 Å². The quantitative estimate of drug-likeness (QED) is 0.108. The first-order chi connectivity index (χ1) is 23.1. The molecule has 2 heterocycles. The van der Waals surface area contributed by atoms with E-state index in [1.165, 1.54) is 6.42 Å². The number of ketones is 2. The predicted octanol–water partition coefficient (Wildman–Crippen LogP) is 0.380. The highest BCUT2D eigenvalue weighted by atomic mass is 16.5. The summed E-state index contributed by atoms with van der Waals surface area (Å²) in [5, 5.41) is 49.0. The molecule has 4 fully saturated rings. The Labute approximate surface area is 287 Å². The molecule has 6 unspecified atom stereocenters. The molecule has 2 saturated carbocycles. The molecule has 10 nitrogen and oxygen atoms in total. The van der Waals surface area contributed by atoms with Crippen molar-refractivity contribution < 1.29 is 45.4 Å². The molecule has 2 saturated heterocycles. The summed E-state index contributed by atoms with van der Waals surface area (Å²) in [4.78, 5) is 25.4. The van der Waals surface area contributed by atoms with Gasteiger partial charge in [0, 0.05) is 44.1 Å². The first kappa shape index (κ1) is 37.8. The highest BCUT2D eigenvalue weighted by Gasteiger charge is 2.42. The number of hydrogen-bond acceptors (Lipinski definition) is 8. The molecule has 5 rings (SSSR count). The third kappa shape index (κ3) is 10.3. The van der Waals surface area contributed by atoms with Crippen molar-refractivity contribution in [3.05, 3.63) is 0 Å². The number of methoxy groups -OCH3 is 1. The molecule has 0 aromatic rings. The van der Waals surface area contributed by atoms with Gasteiger partial charge in [0.05, 0.1) is 56.1 Å². The van der Waals surface area contributed by atoms with Crippen LogP contribution >= 0.6 is 0 Å². The highest BCUT2D eigenvalue weighted by Crippen LogP contribution is 2.42. The molecule has 0 spiro atoms. The summed E-state index contributed by atoms with van der Waals surface area (Å²) in [5.74, 6) is 7.61. The maximum Gasteiger partial charge on any atom is 0.150 e. The summed E-state index contributed by atoms with van der Waals surface area (Å²) < 4.78 is 5.60. The summed E-state index contributed by atoms with van der Waals surface area (Å²) in [6, 6.07) is 0.470. The van der Waals surface area contributed by atoms with E-state index >= 15 is 0 Å². The standard InChI is InChI=1S/C38H63N3O7/c1-48-37-19-26-9-13-33(44)29(32(43)5-3-2-4-24-16-27-7-10-28(42)20-31(27)41-22-24)11-8-25(30(26)21-36(37)47)18-35(46)34(45)12-6-23-14-15-40-38(39)17-23/h23-27,29-32,34-38,40-41,43,45-47H,2-7,9-10,12-22,39H2,1H3/p+2/t23?,24-,25+,26?,27+,29-,30?,31-,32-,34-,35+,36?,37?,38?/m1/s1. The Morgan fingerprint density at radius 1 is 0.896 bits per heavy atom. The number of ether oxygens (including phenoxy) is 1. The van der Waals surface area contributed by atoms with Gasteiger partial charge in [-0.05, 0) is 88.4 Å². The molecule has 0 aromatic heterocycles. The fraction of sp³-hybridized carbons (Fsp3) is 0.895. The molecular weight excluding hydrogens is 610 g/mol. The van der Waals surface area contributed by atoms with Gasteiger partial charge in [0.2, 0.25) is 0 Å². The Morgan fingerprint density at radius 2 is 1.71 bits per heavy atom. The van der Waals surface area contributed by atoms with Crippen LogP contribution in [0.4, 0.5) is 0 Å². The van der Waals surface area contributed by atoms with Gasteiger partial charge in [-0.2, -0.15) is 0 Å². The van der Waals surface area contributed by atoms with E-state index in [4.69, 9.17) is 10.5 Å². The van der Waals surface area contributed by atoms with Crippen LogP contribution in [-0.2, 0) is 14.3 Å². The molecule has 0 amide bonds. The molecule has 14 atom stereocenters. The molecule has 0 radical (unpaired) electrons. The van der Waals surface area contributed by atoms with Gasteiger partial charge in [-0.15, -0.1) is 0 Å². The van der Waals surface area contributed by atoms with Gasteiger partial charge in [-0.1, -0.05) is 24.7 Å². The summed E-state index contributed by atoms with van der Waals surface area (Å²) in [7, 11) is 1.61. The Kier molecular flexibility index (Phi) is 14.3. The number of fused-ring (bicyclic) bond motifs is 2. The van der Waals surface area contributed by atoms with Crippen molar-refractivity contribution in [2.45, 2.75) is 152 Å². The van der Waals surface area contributed by atoms with Crippen molar-refractivity contribution in [2.75, 3.05) is 20.2 Å². The summed E-state index contributed by atoms with van der Waals surface area (Å²) in [6.45, 7) is 2.06. The molecule has 0 aromatic carbocycles. The van der Waals surface area contributed by atoms with Crippen LogP contribution in [0.25, 0.3) is 0 Å². The molecule has 10 N–H and O–H groups in total. The number of quaternary nitrogens is 2. The molecule has 5 aliphatic rings. The lowest BCUT2D eigenvalue weighted by Gasteiger charge is -2.41. The number of rotatable bonds is 13. The van der Waals surface area contributed by atoms with Crippen LogP contribution in [-0.4, -0.2) is 94.9 Å². The predicted molar refractivity (Wildman–Crippen MR) is 181 cm³/mol. The second-order valence-corrected chi connectivity index (χ2v) is 16.3. The van der Waals surface area contributed by atoms with Gasteiger partial charge in [0.25, 0.3) is 0 Å². The topological polar surface area (TPSA) is 184 Å². The summed E-state index contributed by atoms with van der Waals surface area (Å²) in [5.41, 5.74) is 6.12. The van der Waals surface area contributed by atoms with Gasteiger partial charge in [0.15, 0.2) is 0 Å². The third-order valence-electron chi connectivity index (χ3n) is 12.9. The second-order valence-electron chi connectivity index (χ2n) is 16.3. The van der Waals surface area contributed by atoms with Gasteiger partial charge >= 0.3 is 0 Å². The molecule has 0 bridgehead atoms. The lowest BCUT2D eigenvalue weighted by molar-refractivity contribution is -0.711. The lowest BCUT2D eigenvalue weighted by atomic mass is 9.67. The van der Waals surface area contributed by atoms with Gasteiger partial charge in [-0.3, -0.25) is 15.3 Å². The number of carbonyl (C=O) groups is 2. The lowest BCUT2D eigenvalue weighted by Crippen LogP contribution is -2.95. The normalized spacial score (nSPS) is 39.4. The SMILES string of the molecule is COC1CC2CCC(=O)[C@@H]([C@H](O)CCCC[C@H]3C[NH2+][C@@H]4CC(=O)CC[C@H]4C3)C#C[C@@H](C[C@H](O)[C@H](O)CCC3CC[NH2+]C(N)C3)C2CC1O. The Balaban J connectivity index is 1.18. The van der Waals surface area contributed by atoms with Crippen LogP contribution in [0.2, 0.25) is 0 Å². The van der Waals surface area contributed by atoms with Crippen molar-refractivity contribution in [3.8, 4) is 11.8 Å². The second kappa shape index (κ2) is 18.2. The minimum Gasteiger partial charge on any atom is -0.391 e. The molecule has 48 heavy (non-hydrogen) atoms. The van der Waals surface area contributed by atoms with Crippen molar-refractivity contribution in [1.82, 2.24) is 0 Å². The number of hydrogen-bond donors (Lipinski definition) is 7. The van der Waals surface area contributed by atoms with Gasteiger partial charge < -0.3 is 35.8 Å². The van der Waals surface area contributed by atoms with Gasteiger partial charge in [0.1, 0.15) is 23.7 Å². The maximum atomic E-state index is 13.5. The minimum absolute atomic E-state index is 0.0298. The monoisotopic (exact) mass is 675 g/mol. The van der Waals surface area contributed by atoms with E-state index in [-0.39, 0.29) is 42.2 Å². The van der Waals surface area contributed by atoms with E-state index in [1.807, 2.05) is 0 Å². The number of carbonyl (C=O) groups excluding carboxylic acids is 2. The minimum atomic E-state index is -0.965. The summed E-state index contributed by atoms with van der Waals surface area (Å²) in [6.07, 6.45) is 9.20. The fourth-order valence-electron chi connectivity index (χ4n) is 9.91. The highest BCUT2D eigenvalue weighted by molar-refractivity contribution is 5.84. The van der Waals surface area contributed by atoms with Crippen LogP contribution < -0.4 is 16.4 Å². The number of Topliss-reactive ketones (excluding diaryl/α,β-unsaturated/α-hetero) is 2. The van der Waals surface area contributed by atoms with Crippen LogP contribution in [0.1, 0.15) is 109 Å². The van der Waals surface area contributed by atoms with E-state index < -0.39 is 30.3 Å². The Bertz CT molecular complexity index is 1110. The zero-order valence-electron chi connectivity index (χ0n) is 29.3. The first-order valence-electron chi connectivity index (χ1n) is 19.3. The number of aliphatic hydroxyl groups is 4. The molecule has 2 aliphatic heterocycles. The number of piperidine rings is 2. The molecule has 272 valence electrons. The smallest absolute Gasteiger partial charge is 0.150 e. The maximum absolute atomic E-state index is 13.5. The third-order valence-corrected chi connectivity index (χ3v) is 12.9. The zero-order valence-corrected chi connectivity index (χ0v) is 29.3. The van der Waals surface area contributed by atoms with Crippen LogP contribution in [0.15, 0.2) is 0 Å². The van der Waals surface area contributed by atoms with Crippen LogP contribution in [0.3, 0.4) is 0 Å². The number of unbranched alkanes of at least 4 members (excludes halogenated alkanes) is 1. The molecule has 10 heteroatoms. The van der Waals surface area contributed by atoms with E-state index in [0.717, 1.165) is 70.9 Å². The number of nitrogens with two attached hydrogens (primary N) is 3. The first-order valence-corrected chi connectivity index (χ1v) is 19.3. The summed E-state index contributed by atoms with van der Waals surface area (Å²) >= 11 is 0. The number of aliphatic hydroxyl groups excluding tert-OH is 4. The van der Waals surface area contributed by atoms with Crippen molar-refractivity contribution in [3.63, 3.8) is 0 Å².